The van der Waals surface area contributed by atoms with Gasteiger partial charge in [0.25, 0.3) is 5.91 Å². The van der Waals surface area contributed by atoms with Crippen LogP contribution < -0.4 is 5.32 Å². The third-order valence-electron chi connectivity index (χ3n) is 2.04. The maximum absolute atomic E-state index is 11.6. The Kier molecular flexibility index (Phi) is 5.14. The van der Waals surface area contributed by atoms with Gasteiger partial charge in [-0.15, -0.1) is 10.2 Å². The van der Waals surface area contributed by atoms with Crippen LogP contribution in [0, 0.1) is 0 Å². The second-order valence-electron chi connectivity index (χ2n) is 3.48. The van der Waals surface area contributed by atoms with E-state index < -0.39 is 0 Å². The number of aliphatic hydroxyl groups excluding tert-OH is 1. The highest BCUT2D eigenvalue weighted by molar-refractivity contribution is 6.29. The van der Waals surface area contributed by atoms with Gasteiger partial charge in [-0.05, 0) is 31.9 Å². The lowest BCUT2D eigenvalue weighted by Crippen LogP contribution is -2.33. The molecule has 1 atom stereocenters. The van der Waals surface area contributed by atoms with Gasteiger partial charge in [0, 0.05) is 12.6 Å². The monoisotopic (exact) mass is 243 g/mol. The van der Waals surface area contributed by atoms with E-state index in [1.807, 2.05) is 6.92 Å². The normalized spacial score (nSPS) is 12.2. The highest BCUT2D eigenvalue weighted by atomic mass is 35.5. The molecule has 1 amide bonds. The Hall–Kier alpha value is -1.20. The molecule has 0 saturated carbocycles. The first-order chi connectivity index (χ1) is 7.63. The molecule has 0 saturated heterocycles. The summed E-state index contributed by atoms with van der Waals surface area (Å²) < 4.78 is 0. The molecule has 0 aromatic carbocycles. The van der Waals surface area contributed by atoms with Gasteiger partial charge in [0.2, 0.25) is 0 Å². The molecule has 0 aliphatic heterocycles. The van der Waals surface area contributed by atoms with E-state index in [0.29, 0.717) is 6.42 Å². The number of rotatable bonds is 5. The van der Waals surface area contributed by atoms with E-state index in [9.17, 15) is 4.79 Å². The molecule has 1 heterocycles. The summed E-state index contributed by atoms with van der Waals surface area (Å²) >= 11 is 5.56. The lowest BCUT2D eigenvalue weighted by Gasteiger charge is -2.12. The molecule has 0 fully saturated rings. The van der Waals surface area contributed by atoms with Gasteiger partial charge in [-0.1, -0.05) is 11.6 Å². The van der Waals surface area contributed by atoms with Crippen LogP contribution in [0.2, 0.25) is 5.15 Å². The minimum atomic E-state index is -0.283. The Morgan fingerprint density at radius 2 is 2.31 bits per heavy atom. The van der Waals surface area contributed by atoms with Crippen LogP contribution in [-0.2, 0) is 0 Å². The van der Waals surface area contributed by atoms with Crippen LogP contribution in [0.25, 0.3) is 0 Å². The summed E-state index contributed by atoms with van der Waals surface area (Å²) in [6, 6.07) is 3.03. The molecule has 0 aliphatic carbocycles. The molecular formula is C10H14ClN3O2. The summed E-state index contributed by atoms with van der Waals surface area (Å²) in [4.78, 5) is 11.6. The fourth-order valence-corrected chi connectivity index (χ4v) is 1.31. The molecule has 0 radical (unpaired) electrons. The summed E-state index contributed by atoms with van der Waals surface area (Å²) in [5.41, 5.74) is 0.236. The topological polar surface area (TPSA) is 75.1 Å². The molecular weight excluding hydrogens is 230 g/mol. The molecule has 1 aromatic rings. The van der Waals surface area contributed by atoms with Gasteiger partial charge in [-0.25, -0.2) is 0 Å². The minimum Gasteiger partial charge on any atom is -0.396 e. The summed E-state index contributed by atoms with van der Waals surface area (Å²) in [7, 11) is 0. The zero-order valence-corrected chi connectivity index (χ0v) is 9.74. The maximum Gasteiger partial charge on any atom is 0.272 e. The average Bonchev–Trinajstić information content (AvgIpc) is 2.27. The number of carbonyl (C=O) groups is 1. The number of aromatic nitrogens is 2. The molecule has 0 spiro atoms. The zero-order chi connectivity index (χ0) is 12.0. The smallest absolute Gasteiger partial charge is 0.272 e. The lowest BCUT2D eigenvalue weighted by molar-refractivity contribution is 0.0930. The number of nitrogens with zero attached hydrogens (tertiary/aromatic N) is 2. The zero-order valence-electron chi connectivity index (χ0n) is 8.98. The fourth-order valence-electron chi connectivity index (χ4n) is 1.20. The average molecular weight is 244 g/mol. The van der Waals surface area contributed by atoms with Crippen LogP contribution >= 0.6 is 11.6 Å². The molecule has 1 unspecified atom stereocenters. The number of hydrogen-bond donors (Lipinski definition) is 2. The van der Waals surface area contributed by atoms with E-state index in [1.54, 1.807) is 0 Å². The van der Waals surface area contributed by atoms with Crippen molar-refractivity contribution in [2.24, 2.45) is 0 Å². The second kappa shape index (κ2) is 6.40. The number of carbonyl (C=O) groups excluding carboxylic acids is 1. The Morgan fingerprint density at radius 1 is 1.56 bits per heavy atom. The van der Waals surface area contributed by atoms with E-state index >= 15 is 0 Å². The molecule has 16 heavy (non-hydrogen) atoms. The van der Waals surface area contributed by atoms with Gasteiger partial charge in [0.1, 0.15) is 0 Å². The van der Waals surface area contributed by atoms with Crippen molar-refractivity contribution in [3.05, 3.63) is 23.0 Å². The first-order valence-corrected chi connectivity index (χ1v) is 5.42. The predicted octanol–water partition coefficient (Wildman–Crippen LogP) is 1.02. The van der Waals surface area contributed by atoms with E-state index in [-0.39, 0.29) is 29.4 Å². The maximum atomic E-state index is 11.6. The molecule has 2 N–H and O–H groups in total. The Balaban J connectivity index is 2.48. The molecule has 88 valence electrons. The summed E-state index contributed by atoms with van der Waals surface area (Å²) in [6.07, 6.45) is 1.39. The van der Waals surface area contributed by atoms with E-state index in [1.165, 1.54) is 12.1 Å². The third kappa shape index (κ3) is 4.12. The Labute approximate surface area is 98.8 Å². The first-order valence-electron chi connectivity index (χ1n) is 5.04. The minimum absolute atomic E-state index is 0.00266. The number of nitrogens with one attached hydrogen (secondary N) is 1. The van der Waals surface area contributed by atoms with Crippen molar-refractivity contribution in [3.8, 4) is 0 Å². The van der Waals surface area contributed by atoms with Crippen molar-refractivity contribution in [1.29, 1.82) is 0 Å². The van der Waals surface area contributed by atoms with Crippen molar-refractivity contribution in [2.45, 2.75) is 25.8 Å². The Morgan fingerprint density at radius 3 is 2.88 bits per heavy atom. The molecule has 1 aromatic heterocycles. The summed E-state index contributed by atoms with van der Waals surface area (Å²) in [5.74, 6) is -0.283. The SMILES string of the molecule is CC(CCCO)NC(=O)c1ccc(Cl)nn1. The molecule has 1 rings (SSSR count). The van der Waals surface area contributed by atoms with E-state index in [0.717, 1.165) is 6.42 Å². The van der Waals surface area contributed by atoms with Gasteiger partial charge in [0.15, 0.2) is 10.8 Å². The van der Waals surface area contributed by atoms with Gasteiger partial charge < -0.3 is 10.4 Å². The van der Waals surface area contributed by atoms with Crippen molar-refractivity contribution in [3.63, 3.8) is 0 Å². The number of halogens is 1. The number of hydrogen-bond acceptors (Lipinski definition) is 4. The van der Waals surface area contributed by atoms with Crippen LogP contribution in [0.5, 0.6) is 0 Å². The second-order valence-corrected chi connectivity index (χ2v) is 3.87. The van der Waals surface area contributed by atoms with Gasteiger partial charge >= 0.3 is 0 Å². The molecule has 0 bridgehead atoms. The summed E-state index contributed by atoms with van der Waals surface area (Å²) in [6.45, 7) is 2.00. The molecule has 6 heteroatoms. The number of aliphatic hydroxyl groups is 1. The highest BCUT2D eigenvalue weighted by Gasteiger charge is 2.10. The number of amides is 1. The standard InChI is InChI=1S/C10H14ClN3O2/c1-7(3-2-6-15)12-10(16)8-4-5-9(11)14-13-8/h4-5,7,15H,2-3,6H2,1H3,(H,12,16). The van der Waals surface area contributed by atoms with E-state index in [2.05, 4.69) is 15.5 Å². The van der Waals surface area contributed by atoms with Crippen molar-refractivity contribution in [2.75, 3.05) is 6.61 Å². The van der Waals surface area contributed by atoms with Crippen LogP contribution in [-0.4, -0.2) is 33.9 Å². The van der Waals surface area contributed by atoms with Crippen molar-refractivity contribution < 1.29 is 9.90 Å². The highest BCUT2D eigenvalue weighted by Crippen LogP contribution is 2.03. The molecule has 5 nitrogen and oxygen atoms in total. The summed E-state index contributed by atoms with van der Waals surface area (Å²) in [5, 5.41) is 18.9. The quantitative estimate of drug-likeness (QED) is 0.810. The van der Waals surface area contributed by atoms with Crippen LogP contribution in [0.3, 0.4) is 0 Å². The Bertz CT molecular complexity index is 342. The van der Waals surface area contributed by atoms with Crippen LogP contribution in [0.15, 0.2) is 12.1 Å². The largest absolute Gasteiger partial charge is 0.396 e. The van der Waals surface area contributed by atoms with Crippen LogP contribution in [0.1, 0.15) is 30.3 Å². The van der Waals surface area contributed by atoms with Gasteiger partial charge in [-0.2, -0.15) is 0 Å². The first kappa shape index (κ1) is 12.9. The van der Waals surface area contributed by atoms with E-state index in [4.69, 9.17) is 16.7 Å². The lowest BCUT2D eigenvalue weighted by atomic mass is 10.2. The molecule has 0 aliphatic rings. The van der Waals surface area contributed by atoms with Crippen molar-refractivity contribution in [1.82, 2.24) is 15.5 Å². The third-order valence-corrected chi connectivity index (χ3v) is 2.24. The van der Waals surface area contributed by atoms with Crippen molar-refractivity contribution >= 4 is 17.5 Å². The van der Waals surface area contributed by atoms with Gasteiger partial charge in [0.05, 0.1) is 0 Å². The predicted molar refractivity (Wildman–Crippen MR) is 60.3 cm³/mol. The van der Waals surface area contributed by atoms with Gasteiger partial charge in [-0.3, -0.25) is 4.79 Å². The fraction of sp³-hybridized carbons (Fsp3) is 0.500. The van der Waals surface area contributed by atoms with Crippen LogP contribution in [0.4, 0.5) is 0 Å².